The maximum Gasteiger partial charge on any atom is 0.243 e. The van der Waals surface area contributed by atoms with E-state index in [1.54, 1.807) is 17.8 Å². The molecule has 6 heteroatoms. The summed E-state index contributed by atoms with van der Waals surface area (Å²) in [4.78, 5) is 0.265. The molecule has 0 saturated heterocycles. The lowest BCUT2D eigenvalue weighted by Crippen LogP contribution is -2.25. The van der Waals surface area contributed by atoms with Gasteiger partial charge in [0.2, 0.25) is 10.0 Å². The summed E-state index contributed by atoms with van der Waals surface area (Å²) in [6.07, 6.45) is 3.22. The number of benzene rings is 1. The minimum Gasteiger partial charge on any atom is -0.269 e. The number of nitrogens with one attached hydrogen (secondary N) is 1. The van der Waals surface area contributed by atoms with Crippen molar-refractivity contribution in [3.05, 3.63) is 47.8 Å². The lowest BCUT2D eigenvalue weighted by Gasteiger charge is -2.06. The molecule has 0 saturated carbocycles. The van der Waals surface area contributed by atoms with Crippen LogP contribution >= 0.6 is 0 Å². The molecule has 120 valence electrons. The van der Waals surface area contributed by atoms with Crippen LogP contribution in [-0.4, -0.2) is 24.7 Å². The van der Waals surface area contributed by atoms with E-state index in [0.29, 0.717) is 12.2 Å². The topological polar surface area (TPSA) is 64.0 Å². The van der Waals surface area contributed by atoms with Gasteiger partial charge in [-0.05, 0) is 39.2 Å². The van der Waals surface area contributed by atoms with Gasteiger partial charge in [0, 0.05) is 18.8 Å². The molecule has 0 atom stereocenters. The lowest BCUT2D eigenvalue weighted by atomic mass is 10.1. The Kier molecular flexibility index (Phi) is 5.37. The Morgan fingerprint density at radius 2 is 1.91 bits per heavy atom. The van der Waals surface area contributed by atoms with E-state index in [0.717, 1.165) is 12.8 Å². The third-order valence-electron chi connectivity index (χ3n) is 3.47. The van der Waals surface area contributed by atoms with Gasteiger partial charge in [0.25, 0.3) is 0 Å². The van der Waals surface area contributed by atoms with Gasteiger partial charge in [0.05, 0.1) is 5.69 Å². The van der Waals surface area contributed by atoms with Crippen molar-refractivity contribution in [3.8, 4) is 0 Å². The highest BCUT2D eigenvalue weighted by Gasteiger charge is 2.20. The molecule has 0 bridgehead atoms. The molecule has 0 fully saturated rings. The molecule has 0 amide bonds. The second-order valence-electron chi connectivity index (χ2n) is 5.64. The minimum absolute atomic E-state index is 0.140. The van der Waals surface area contributed by atoms with Crippen LogP contribution in [-0.2, 0) is 16.4 Å². The number of aromatic nitrogens is 2. The van der Waals surface area contributed by atoms with Crippen molar-refractivity contribution in [3.63, 3.8) is 0 Å². The SMILES string of the molecule is Cc1nn(C(C)C)cc1S(=O)(=O)NCCCc1ccccc1. The Hall–Kier alpha value is -1.66. The van der Waals surface area contributed by atoms with Crippen LogP contribution < -0.4 is 4.72 Å². The molecule has 1 aromatic heterocycles. The highest BCUT2D eigenvalue weighted by Crippen LogP contribution is 2.16. The molecule has 1 N–H and O–H groups in total. The van der Waals surface area contributed by atoms with Crippen LogP contribution in [0.25, 0.3) is 0 Å². The first-order chi connectivity index (χ1) is 10.4. The Morgan fingerprint density at radius 1 is 1.23 bits per heavy atom. The van der Waals surface area contributed by atoms with Crippen LogP contribution in [0.1, 0.15) is 37.6 Å². The van der Waals surface area contributed by atoms with Gasteiger partial charge in [-0.25, -0.2) is 13.1 Å². The Balaban J connectivity index is 1.94. The minimum atomic E-state index is -3.49. The van der Waals surface area contributed by atoms with Crippen molar-refractivity contribution in [2.75, 3.05) is 6.54 Å². The molecule has 0 spiro atoms. The Morgan fingerprint density at radius 3 is 2.50 bits per heavy atom. The maximum atomic E-state index is 12.3. The van der Waals surface area contributed by atoms with Gasteiger partial charge in [-0.15, -0.1) is 0 Å². The fourth-order valence-electron chi connectivity index (χ4n) is 2.21. The zero-order chi connectivity index (χ0) is 16.2. The Labute approximate surface area is 132 Å². The van der Waals surface area contributed by atoms with E-state index < -0.39 is 10.0 Å². The predicted octanol–water partition coefficient (Wildman–Crippen LogP) is 2.68. The summed E-state index contributed by atoms with van der Waals surface area (Å²) in [6.45, 7) is 6.08. The summed E-state index contributed by atoms with van der Waals surface area (Å²) in [5.41, 5.74) is 1.75. The quantitative estimate of drug-likeness (QED) is 0.798. The lowest BCUT2D eigenvalue weighted by molar-refractivity contribution is 0.528. The van der Waals surface area contributed by atoms with Crippen molar-refractivity contribution in [2.24, 2.45) is 0 Å². The van der Waals surface area contributed by atoms with Crippen molar-refractivity contribution in [2.45, 2.75) is 44.6 Å². The first-order valence-corrected chi connectivity index (χ1v) is 8.98. The van der Waals surface area contributed by atoms with E-state index in [1.807, 2.05) is 44.2 Å². The summed E-state index contributed by atoms with van der Waals surface area (Å²) >= 11 is 0. The number of sulfonamides is 1. The highest BCUT2D eigenvalue weighted by atomic mass is 32.2. The second-order valence-corrected chi connectivity index (χ2v) is 7.37. The van der Waals surface area contributed by atoms with Gasteiger partial charge in [-0.3, -0.25) is 4.68 Å². The monoisotopic (exact) mass is 321 g/mol. The van der Waals surface area contributed by atoms with Crippen LogP contribution in [0.5, 0.6) is 0 Å². The Bertz CT molecular complexity index is 706. The molecule has 0 aliphatic rings. The number of hydrogen-bond donors (Lipinski definition) is 1. The fourth-order valence-corrected chi connectivity index (χ4v) is 3.46. The molecule has 2 rings (SSSR count). The van der Waals surface area contributed by atoms with E-state index in [9.17, 15) is 8.42 Å². The summed E-state index contributed by atoms with van der Waals surface area (Å²) in [7, 11) is -3.49. The first kappa shape index (κ1) is 16.7. The number of hydrogen-bond acceptors (Lipinski definition) is 3. The molecule has 1 heterocycles. The molecule has 22 heavy (non-hydrogen) atoms. The standard InChI is InChI=1S/C16H23N3O2S/c1-13(2)19-12-16(14(3)18-19)22(20,21)17-11-7-10-15-8-5-4-6-9-15/h4-6,8-9,12-13,17H,7,10-11H2,1-3H3. The number of aryl methyl sites for hydroxylation is 2. The van der Waals surface area contributed by atoms with Gasteiger partial charge in [0.15, 0.2) is 0 Å². The van der Waals surface area contributed by atoms with Gasteiger partial charge < -0.3 is 0 Å². The highest BCUT2D eigenvalue weighted by molar-refractivity contribution is 7.89. The molecule has 1 aromatic carbocycles. The predicted molar refractivity (Wildman–Crippen MR) is 87.3 cm³/mol. The largest absolute Gasteiger partial charge is 0.269 e. The molecule has 2 aromatic rings. The van der Waals surface area contributed by atoms with Crippen molar-refractivity contribution in [1.82, 2.24) is 14.5 Å². The zero-order valence-electron chi connectivity index (χ0n) is 13.3. The van der Waals surface area contributed by atoms with Gasteiger partial charge in [-0.1, -0.05) is 30.3 Å². The van der Waals surface area contributed by atoms with Crippen LogP contribution in [0.3, 0.4) is 0 Å². The number of nitrogens with zero attached hydrogens (tertiary/aromatic N) is 2. The van der Waals surface area contributed by atoms with Crippen LogP contribution in [0.15, 0.2) is 41.4 Å². The molecule has 5 nitrogen and oxygen atoms in total. The summed E-state index contributed by atoms with van der Waals surface area (Å²) < 4.78 is 29.0. The summed E-state index contributed by atoms with van der Waals surface area (Å²) in [6, 6.07) is 10.2. The molecular formula is C16H23N3O2S. The average Bonchev–Trinajstić information content (AvgIpc) is 2.88. The van der Waals surface area contributed by atoms with Gasteiger partial charge >= 0.3 is 0 Å². The first-order valence-electron chi connectivity index (χ1n) is 7.49. The third kappa shape index (κ3) is 4.18. The van der Waals surface area contributed by atoms with Gasteiger partial charge in [0.1, 0.15) is 4.90 Å². The maximum absolute atomic E-state index is 12.3. The van der Waals surface area contributed by atoms with E-state index in [2.05, 4.69) is 9.82 Å². The van der Waals surface area contributed by atoms with Crippen LogP contribution in [0.4, 0.5) is 0 Å². The van der Waals surface area contributed by atoms with Gasteiger partial charge in [-0.2, -0.15) is 5.10 Å². The van der Waals surface area contributed by atoms with Crippen LogP contribution in [0, 0.1) is 6.92 Å². The van der Waals surface area contributed by atoms with Crippen molar-refractivity contribution < 1.29 is 8.42 Å². The van der Waals surface area contributed by atoms with Crippen LogP contribution in [0.2, 0.25) is 0 Å². The molecule has 0 unspecified atom stereocenters. The van der Waals surface area contributed by atoms with E-state index in [1.165, 1.54) is 5.56 Å². The molecule has 0 aliphatic heterocycles. The van der Waals surface area contributed by atoms with Crippen molar-refractivity contribution in [1.29, 1.82) is 0 Å². The fraction of sp³-hybridized carbons (Fsp3) is 0.438. The summed E-state index contributed by atoms with van der Waals surface area (Å²) in [5.74, 6) is 0. The third-order valence-corrected chi connectivity index (χ3v) is 5.03. The summed E-state index contributed by atoms with van der Waals surface area (Å²) in [5, 5.41) is 4.25. The zero-order valence-corrected chi connectivity index (χ0v) is 14.1. The molecule has 0 aliphatic carbocycles. The second kappa shape index (κ2) is 7.07. The molecular weight excluding hydrogens is 298 g/mol. The molecule has 0 radical (unpaired) electrons. The number of rotatable bonds is 7. The van der Waals surface area contributed by atoms with E-state index in [-0.39, 0.29) is 10.9 Å². The van der Waals surface area contributed by atoms with E-state index >= 15 is 0 Å². The van der Waals surface area contributed by atoms with E-state index in [4.69, 9.17) is 0 Å². The average molecular weight is 321 g/mol. The smallest absolute Gasteiger partial charge is 0.243 e. The normalized spacial score (nSPS) is 12.0. The van der Waals surface area contributed by atoms with Crippen molar-refractivity contribution >= 4 is 10.0 Å².